The molecule has 0 aromatic heterocycles. The zero-order valence-electron chi connectivity index (χ0n) is 11.0. The van der Waals surface area contributed by atoms with Gasteiger partial charge in [0.1, 0.15) is 8.07 Å². The van der Waals surface area contributed by atoms with Crippen molar-refractivity contribution in [3.63, 3.8) is 0 Å². The second-order valence-corrected chi connectivity index (χ2v) is 10.9. The first-order valence-corrected chi connectivity index (χ1v) is 10.3. The summed E-state index contributed by atoms with van der Waals surface area (Å²) in [6.45, 7) is 8.88. The topological polar surface area (TPSA) is 0 Å². The summed E-state index contributed by atoms with van der Waals surface area (Å²) in [5, 5.41) is 0.272. The number of hydrogen-bond acceptors (Lipinski definition) is 1. The van der Waals surface area contributed by atoms with Crippen molar-refractivity contribution in [2.24, 2.45) is 0 Å². The highest BCUT2D eigenvalue weighted by molar-refractivity contribution is 8.00. The molecule has 0 radical (unpaired) electrons. The van der Waals surface area contributed by atoms with E-state index in [1.165, 1.54) is 4.90 Å². The minimum Gasteiger partial charge on any atom is -0.130 e. The van der Waals surface area contributed by atoms with E-state index in [0.29, 0.717) is 0 Å². The fraction of sp³-hybridized carbons (Fsp3) is 0.333. The van der Waals surface area contributed by atoms with E-state index in [4.69, 9.17) is 0 Å². The first kappa shape index (κ1) is 14.1. The molecule has 1 rings (SSSR count). The average molecular weight is 260 g/mol. The van der Waals surface area contributed by atoms with Gasteiger partial charge in [-0.05, 0) is 19.1 Å². The maximum Gasteiger partial charge on any atom is 0.129 e. The van der Waals surface area contributed by atoms with E-state index in [1.54, 1.807) is 0 Å². The fourth-order valence-corrected chi connectivity index (χ4v) is 2.88. The molecule has 0 amide bonds. The zero-order valence-corrected chi connectivity index (χ0v) is 12.8. The van der Waals surface area contributed by atoms with Crippen molar-refractivity contribution in [1.82, 2.24) is 0 Å². The molecule has 0 fully saturated rings. The third-order valence-corrected chi connectivity index (χ3v) is 3.93. The summed E-state index contributed by atoms with van der Waals surface area (Å²) in [4.78, 5) is 1.28. The van der Waals surface area contributed by atoms with Gasteiger partial charge in [0.05, 0.1) is 5.25 Å². The number of hydrogen-bond donors (Lipinski definition) is 0. The summed E-state index contributed by atoms with van der Waals surface area (Å²) >= 11 is 1.82. The van der Waals surface area contributed by atoms with Crippen molar-refractivity contribution in [3.8, 4) is 11.5 Å². The maximum absolute atomic E-state index is 3.44. The van der Waals surface area contributed by atoms with Crippen LogP contribution in [0.5, 0.6) is 0 Å². The van der Waals surface area contributed by atoms with E-state index in [2.05, 4.69) is 74.4 Å². The smallest absolute Gasteiger partial charge is 0.129 e. The number of benzene rings is 1. The van der Waals surface area contributed by atoms with Gasteiger partial charge in [-0.2, -0.15) is 0 Å². The van der Waals surface area contributed by atoms with Gasteiger partial charge < -0.3 is 0 Å². The van der Waals surface area contributed by atoms with Crippen LogP contribution < -0.4 is 0 Å². The molecule has 0 heterocycles. The van der Waals surface area contributed by atoms with Crippen molar-refractivity contribution < 1.29 is 0 Å². The Hall–Kier alpha value is -0.913. The van der Waals surface area contributed by atoms with Crippen LogP contribution in [0.25, 0.3) is 0 Å². The standard InChI is InChI=1S/C15H20SSi/c1-5-9-14(12-13-17(2,3)4)16-15-10-7-6-8-11-15/h5-11,14H,1-4H3/b9-5+. The highest BCUT2D eigenvalue weighted by atomic mass is 32.2. The molecule has 1 unspecified atom stereocenters. The van der Waals surface area contributed by atoms with Gasteiger partial charge >= 0.3 is 0 Å². The van der Waals surface area contributed by atoms with E-state index in [-0.39, 0.29) is 5.25 Å². The minimum atomic E-state index is -1.27. The minimum absolute atomic E-state index is 0.272. The Labute approximate surface area is 111 Å². The van der Waals surface area contributed by atoms with Crippen molar-refractivity contribution >= 4 is 19.8 Å². The van der Waals surface area contributed by atoms with Crippen LogP contribution in [-0.4, -0.2) is 13.3 Å². The molecular weight excluding hydrogens is 240 g/mol. The van der Waals surface area contributed by atoms with Crippen molar-refractivity contribution in [3.05, 3.63) is 42.5 Å². The van der Waals surface area contributed by atoms with Gasteiger partial charge in [-0.25, -0.2) is 0 Å². The van der Waals surface area contributed by atoms with Crippen molar-refractivity contribution in [2.45, 2.75) is 36.7 Å². The summed E-state index contributed by atoms with van der Waals surface area (Å²) < 4.78 is 0. The van der Waals surface area contributed by atoms with Crippen molar-refractivity contribution in [1.29, 1.82) is 0 Å². The molecule has 90 valence electrons. The number of thioether (sulfide) groups is 1. The molecule has 0 aliphatic rings. The van der Waals surface area contributed by atoms with Crippen LogP contribution in [0.3, 0.4) is 0 Å². The van der Waals surface area contributed by atoms with Gasteiger partial charge in [0, 0.05) is 4.90 Å². The molecule has 1 atom stereocenters. The van der Waals surface area contributed by atoms with Gasteiger partial charge in [0.15, 0.2) is 0 Å². The Morgan fingerprint density at radius 3 is 2.35 bits per heavy atom. The molecule has 0 N–H and O–H groups in total. The first-order valence-electron chi connectivity index (χ1n) is 5.88. The van der Waals surface area contributed by atoms with Crippen molar-refractivity contribution in [2.75, 3.05) is 0 Å². The molecule has 0 aliphatic heterocycles. The average Bonchev–Trinajstić information content (AvgIpc) is 2.27. The molecule has 0 spiro atoms. The van der Waals surface area contributed by atoms with Crippen LogP contribution in [0.15, 0.2) is 47.4 Å². The molecule has 1 aromatic carbocycles. The zero-order chi connectivity index (χ0) is 12.7. The Bertz CT molecular complexity index is 418. The quantitative estimate of drug-likeness (QED) is 0.331. The highest BCUT2D eigenvalue weighted by Crippen LogP contribution is 2.23. The predicted octanol–water partition coefficient (Wildman–Crippen LogP) is 4.60. The lowest BCUT2D eigenvalue weighted by atomic mass is 10.4. The van der Waals surface area contributed by atoms with Crippen LogP contribution in [0, 0.1) is 11.5 Å². The van der Waals surface area contributed by atoms with Gasteiger partial charge in [-0.15, -0.1) is 17.3 Å². The lowest BCUT2D eigenvalue weighted by molar-refractivity contribution is 1.40. The molecule has 0 nitrogen and oxygen atoms in total. The third kappa shape index (κ3) is 6.40. The summed E-state index contributed by atoms with van der Waals surface area (Å²) in [6, 6.07) is 10.5. The highest BCUT2D eigenvalue weighted by Gasteiger charge is 2.09. The molecule has 2 heteroatoms. The Morgan fingerprint density at radius 2 is 1.82 bits per heavy atom. The van der Waals surface area contributed by atoms with Crippen LogP contribution in [-0.2, 0) is 0 Å². The van der Waals surface area contributed by atoms with Crippen LogP contribution >= 0.6 is 11.8 Å². The SMILES string of the molecule is C/C=C/C(C#C[Si](C)(C)C)Sc1ccccc1. The largest absolute Gasteiger partial charge is 0.130 e. The number of allylic oxidation sites excluding steroid dienone is 1. The summed E-state index contributed by atoms with van der Waals surface area (Å²) in [6.07, 6.45) is 4.25. The van der Waals surface area contributed by atoms with Crippen LogP contribution in [0.2, 0.25) is 19.6 Å². The summed E-state index contributed by atoms with van der Waals surface area (Å²) in [5.74, 6) is 3.40. The van der Waals surface area contributed by atoms with Gasteiger partial charge in [0.2, 0.25) is 0 Å². The monoisotopic (exact) mass is 260 g/mol. The van der Waals surface area contributed by atoms with E-state index in [9.17, 15) is 0 Å². The van der Waals surface area contributed by atoms with Crippen LogP contribution in [0.4, 0.5) is 0 Å². The van der Waals surface area contributed by atoms with E-state index >= 15 is 0 Å². The van der Waals surface area contributed by atoms with E-state index in [0.717, 1.165) is 0 Å². The second kappa shape index (κ2) is 6.73. The summed E-state index contributed by atoms with van der Waals surface area (Å²) in [5.41, 5.74) is 3.44. The Balaban J connectivity index is 2.77. The molecule has 0 bridgehead atoms. The fourth-order valence-electron chi connectivity index (χ4n) is 1.22. The normalized spacial score (nSPS) is 13.2. The molecule has 0 saturated carbocycles. The van der Waals surface area contributed by atoms with Gasteiger partial charge in [-0.1, -0.05) is 55.9 Å². The number of rotatable bonds is 3. The molecule has 1 aromatic rings. The molecule has 0 aliphatic carbocycles. The third-order valence-electron chi connectivity index (χ3n) is 1.96. The Morgan fingerprint density at radius 1 is 1.18 bits per heavy atom. The van der Waals surface area contributed by atoms with E-state index < -0.39 is 8.07 Å². The first-order chi connectivity index (χ1) is 8.01. The van der Waals surface area contributed by atoms with Crippen LogP contribution in [0.1, 0.15) is 6.92 Å². The predicted molar refractivity (Wildman–Crippen MR) is 82.0 cm³/mol. The molecule has 17 heavy (non-hydrogen) atoms. The van der Waals surface area contributed by atoms with E-state index in [1.807, 2.05) is 17.8 Å². The Kier molecular flexibility index (Phi) is 5.60. The lowest BCUT2D eigenvalue weighted by Gasteiger charge is -2.08. The second-order valence-electron chi connectivity index (χ2n) is 4.90. The van der Waals surface area contributed by atoms with Gasteiger partial charge in [0.25, 0.3) is 0 Å². The lowest BCUT2D eigenvalue weighted by Crippen LogP contribution is -2.17. The molecule has 0 saturated heterocycles. The van der Waals surface area contributed by atoms with Gasteiger partial charge in [-0.3, -0.25) is 0 Å². The maximum atomic E-state index is 3.44. The summed E-state index contributed by atoms with van der Waals surface area (Å²) in [7, 11) is -1.27. The molecular formula is C15H20SSi.